The molecule has 4 rings (SSSR count). The van der Waals surface area contributed by atoms with Crippen LogP contribution in [-0.4, -0.2) is 49.8 Å². The number of hydrogen-bond donors (Lipinski definition) is 2. The van der Waals surface area contributed by atoms with Crippen LogP contribution >= 0.6 is 0 Å². The maximum Gasteiger partial charge on any atom is 0.286 e. The summed E-state index contributed by atoms with van der Waals surface area (Å²) in [5, 5.41) is 15.7. The number of amides is 1. The van der Waals surface area contributed by atoms with Crippen LogP contribution in [-0.2, 0) is 4.74 Å². The van der Waals surface area contributed by atoms with E-state index in [0.717, 1.165) is 22.0 Å². The Balaban J connectivity index is 1.64. The molecule has 2 N–H and O–H groups in total. The number of hydrogen-bond acceptors (Lipinski definition) is 6. The van der Waals surface area contributed by atoms with Crippen molar-refractivity contribution in [3.8, 4) is 11.5 Å². The van der Waals surface area contributed by atoms with Gasteiger partial charge in [-0.2, -0.15) is 0 Å². The van der Waals surface area contributed by atoms with Gasteiger partial charge in [-0.15, -0.1) is 0 Å². The third kappa shape index (κ3) is 5.31. The zero-order chi connectivity index (χ0) is 25.5. The maximum atomic E-state index is 13.2. The molecule has 0 aliphatic carbocycles. The summed E-state index contributed by atoms with van der Waals surface area (Å²) in [6.07, 6.45) is 1.94. The zero-order valence-electron chi connectivity index (χ0n) is 20.0. The Morgan fingerprint density at radius 1 is 1.03 bits per heavy atom. The fourth-order valence-electron chi connectivity index (χ4n) is 4.15. The first kappa shape index (κ1) is 24.7. The highest BCUT2D eigenvalue weighted by molar-refractivity contribution is 5.99. The second kappa shape index (κ2) is 11.4. The van der Waals surface area contributed by atoms with Crippen LogP contribution in [0.25, 0.3) is 10.9 Å². The van der Waals surface area contributed by atoms with Crippen LogP contribution in [0, 0.1) is 10.1 Å². The second-order valence-electron chi connectivity index (χ2n) is 8.08. The summed E-state index contributed by atoms with van der Waals surface area (Å²) in [6, 6.07) is 20.3. The number of nitrogens with zero attached hydrogens (tertiary/aromatic N) is 1. The molecule has 0 spiro atoms. The number of ether oxygens (including phenoxy) is 3. The first-order chi connectivity index (χ1) is 17.5. The number of methoxy groups -OCH3 is 2. The molecular formula is C27H27N3O6. The van der Waals surface area contributed by atoms with Crippen molar-refractivity contribution in [2.24, 2.45) is 0 Å². The molecule has 9 heteroatoms. The van der Waals surface area contributed by atoms with Crippen molar-refractivity contribution in [3.05, 3.63) is 99.7 Å². The van der Waals surface area contributed by atoms with Crippen LogP contribution in [0.2, 0.25) is 0 Å². The lowest BCUT2D eigenvalue weighted by molar-refractivity contribution is -0.385. The fraction of sp³-hybridized carbons (Fsp3) is 0.222. The Hall–Kier alpha value is -4.37. The predicted molar refractivity (Wildman–Crippen MR) is 136 cm³/mol. The lowest BCUT2D eigenvalue weighted by atomic mass is 9.91. The third-order valence-corrected chi connectivity index (χ3v) is 5.93. The molecule has 3 aromatic carbocycles. The van der Waals surface area contributed by atoms with E-state index in [-0.39, 0.29) is 41.8 Å². The second-order valence-corrected chi connectivity index (χ2v) is 8.08. The van der Waals surface area contributed by atoms with Crippen LogP contribution in [0.4, 0.5) is 5.69 Å². The van der Waals surface area contributed by atoms with Crippen molar-refractivity contribution in [3.63, 3.8) is 0 Å². The molecule has 0 fully saturated rings. The number of nitro benzene ring substituents is 1. The Morgan fingerprint density at radius 2 is 1.78 bits per heavy atom. The summed E-state index contributed by atoms with van der Waals surface area (Å²) < 4.78 is 15.8. The Kier molecular flexibility index (Phi) is 7.82. The topological polar surface area (TPSA) is 116 Å². The maximum absolute atomic E-state index is 13.2. The molecule has 36 heavy (non-hydrogen) atoms. The smallest absolute Gasteiger partial charge is 0.286 e. The number of nitrogens with one attached hydrogen (secondary N) is 2. The molecule has 0 aliphatic heterocycles. The van der Waals surface area contributed by atoms with Crippen LogP contribution in [0.15, 0.2) is 72.9 Å². The van der Waals surface area contributed by atoms with Gasteiger partial charge in [0, 0.05) is 42.7 Å². The summed E-state index contributed by atoms with van der Waals surface area (Å²) in [5.41, 5.74) is 2.54. The molecule has 0 bridgehead atoms. The lowest BCUT2D eigenvalue weighted by Crippen LogP contribution is -2.29. The zero-order valence-corrected chi connectivity index (χ0v) is 20.0. The number of H-pyrrole nitrogens is 1. The van der Waals surface area contributed by atoms with Gasteiger partial charge >= 0.3 is 0 Å². The normalized spacial score (nSPS) is 11.7. The van der Waals surface area contributed by atoms with E-state index in [4.69, 9.17) is 14.2 Å². The standard InChI is InChI=1S/C27H27N3O6/c1-34-12-13-36-26-15-24(30(32)33)20(14-25(26)35-2)27(31)29-16-21(18-8-4-3-5-9-18)22-17-28-23-11-7-6-10-19(22)23/h3-11,14-15,17,21,28H,12-13,16H2,1-2H3,(H,29,31). The number of benzene rings is 3. The van der Waals surface area contributed by atoms with Gasteiger partial charge in [0.1, 0.15) is 12.2 Å². The SMILES string of the molecule is COCCOc1cc([N+](=O)[O-])c(C(=O)NCC(c2ccccc2)c2c[nH]c3ccccc23)cc1OC. The quantitative estimate of drug-likeness (QED) is 0.180. The number of rotatable bonds is 11. The largest absolute Gasteiger partial charge is 0.493 e. The van der Waals surface area contributed by atoms with Crippen LogP contribution < -0.4 is 14.8 Å². The van der Waals surface area contributed by atoms with Gasteiger partial charge in [-0.3, -0.25) is 14.9 Å². The van der Waals surface area contributed by atoms with Gasteiger partial charge in [0.2, 0.25) is 0 Å². The number of aromatic amines is 1. The number of carbonyl (C=O) groups excluding carboxylic acids is 1. The number of para-hydroxylation sites is 1. The summed E-state index contributed by atoms with van der Waals surface area (Å²) in [7, 11) is 2.93. The predicted octanol–water partition coefficient (Wildman–Crippen LogP) is 4.67. The van der Waals surface area contributed by atoms with Gasteiger partial charge in [0.25, 0.3) is 11.6 Å². The van der Waals surface area contributed by atoms with E-state index in [1.54, 1.807) is 0 Å². The van der Waals surface area contributed by atoms with E-state index < -0.39 is 10.8 Å². The van der Waals surface area contributed by atoms with Crippen molar-refractivity contribution >= 4 is 22.5 Å². The molecule has 0 saturated carbocycles. The highest BCUT2D eigenvalue weighted by atomic mass is 16.6. The summed E-state index contributed by atoms with van der Waals surface area (Å²) in [6.45, 7) is 0.711. The summed E-state index contributed by atoms with van der Waals surface area (Å²) in [4.78, 5) is 27.7. The van der Waals surface area contributed by atoms with Gasteiger partial charge in [-0.1, -0.05) is 48.5 Å². The molecule has 1 heterocycles. The average Bonchev–Trinajstić information content (AvgIpc) is 3.33. The van der Waals surface area contributed by atoms with Crippen molar-refractivity contribution in [1.29, 1.82) is 0 Å². The molecular weight excluding hydrogens is 462 g/mol. The Bertz CT molecular complexity index is 1350. The minimum absolute atomic E-state index is 0.110. The van der Waals surface area contributed by atoms with Crippen molar-refractivity contribution in [1.82, 2.24) is 10.3 Å². The van der Waals surface area contributed by atoms with E-state index in [1.807, 2.05) is 60.8 Å². The summed E-state index contributed by atoms with van der Waals surface area (Å²) in [5.74, 6) is -0.370. The number of carbonyl (C=O) groups is 1. The van der Waals surface area contributed by atoms with E-state index >= 15 is 0 Å². The molecule has 1 unspecified atom stereocenters. The molecule has 1 aromatic heterocycles. The lowest BCUT2D eigenvalue weighted by Gasteiger charge is -2.19. The minimum atomic E-state index is -0.605. The van der Waals surface area contributed by atoms with Crippen molar-refractivity contribution in [2.75, 3.05) is 34.0 Å². The third-order valence-electron chi connectivity index (χ3n) is 5.93. The first-order valence-corrected chi connectivity index (χ1v) is 11.4. The Labute approximate surface area is 208 Å². The molecule has 9 nitrogen and oxygen atoms in total. The number of fused-ring (bicyclic) bond motifs is 1. The minimum Gasteiger partial charge on any atom is -0.493 e. The molecule has 0 saturated heterocycles. The molecule has 0 radical (unpaired) electrons. The van der Waals surface area contributed by atoms with Crippen molar-refractivity contribution < 1.29 is 23.9 Å². The van der Waals surface area contributed by atoms with Crippen LogP contribution in [0.3, 0.4) is 0 Å². The fourth-order valence-corrected chi connectivity index (χ4v) is 4.15. The van der Waals surface area contributed by atoms with Gasteiger partial charge in [-0.05, 0) is 17.2 Å². The van der Waals surface area contributed by atoms with Gasteiger partial charge in [0.05, 0.1) is 24.7 Å². The average molecular weight is 490 g/mol. The summed E-state index contributed by atoms with van der Waals surface area (Å²) >= 11 is 0. The Morgan fingerprint density at radius 3 is 2.50 bits per heavy atom. The van der Waals surface area contributed by atoms with Gasteiger partial charge < -0.3 is 24.5 Å². The van der Waals surface area contributed by atoms with Crippen molar-refractivity contribution in [2.45, 2.75) is 5.92 Å². The monoisotopic (exact) mass is 489 g/mol. The number of nitro groups is 1. The molecule has 4 aromatic rings. The molecule has 186 valence electrons. The molecule has 1 amide bonds. The van der Waals surface area contributed by atoms with E-state index in [0.29, 0.717) is 6.61 Å². The van der Waals surface area contributed by atoms with Gasteiger partial charge in [-0.25, -0.2) is 0 Å². The van der Waals surface area contributed by atoms with E-state index in [9.17, 15) is 14.9 Å². The van der Waals surface area contributed by atoms with Crippen LogP contribution in [0.5, 0.6) is 11.5 Å². The highest BCUT2D eigenvalue weighted by Gasteiger charge is 2.26. The first-order valence-electron chi connectivity index (χ1n) is 11.4. The molecule has 0 aliphatic rings. The van der Waals surface area contributed by atoms with E-state index in [1.165, 1.54) is 26.4 Å². The highest BCUT2D eigenvalue weighted by Crippen LogP contribution is 2.35. The number of aromatic nitrogens is 1. The van der Waals surface area contributed by atoms with E-state index in [2.05, 4.69) is 10.3 Å². The molecule has 1 atom stereocenters. The van der Waals surface area contributed by atoms with Gasteiger partial charge in [0.15, 0.2) is 11.5 Å². The van der Waals surface area contributed by atoms with Crippen LogP contribution in [0.1, 0.15) is 27.4 Å².